The molecule has 1 saturated heterocycles. The summed E-state index contributed by atoms with van der Waals surface area (Å²) in [5.41, 5.74) is -2.11. The number of halogens is 8. The standard InChI is InChI=1S/C15H16ClF7N2/c16-10-2-1-9(15(21,22)23)12(13(10)17)11(3-4-14(18,19)20)25-7-5-24-6-8-25/h1-2,11,24H,3-8H2/t11-/m0/s1. The van der Waals surface area contributed by atoms with Crippen LogP contribution in [0.2, 0.25) is 5.02 Å². The Balaban J connectivity index is 2.50. The van der Waals surface area contributed by atoms with Gasteiger partial charge in [-0.3, -0.25) is 4.90 Å². The number of piperazine rings is 1. The normalized spacial score (nSPS) is 18.4. The zero-order valence-corrected chi connectivity index (χ0v) is 13.7. The highest BCUT2D eigenvalue weighted by Crippen LogP contribution is 2.42. The highest BCUT2D eigenvalue weighted by Gasteiger charge is 2.40. The van der Waals surface area contributed by atoms with E-state index >= 15 is 0 Å². The van der Waals surface area contributed by atoms with Gasteiger partial charge in [-0.2, -0.15) is 26.3 Å². The molecule has 1 N–H and O–H groups in total. The lowest BCUT2D eigenvalue weighted by atomic mass is 9.93. The highest BCUT2D eigenvalue weighted by atomic mass is 35.5. The second-order valence-electron chi connectivity index (χ2n) is 5.78. The number of rotatable bonds is 4. The van der Waals surface area contributed by atoms with Gasteiger partial charge in [-0.25, -0.2) is 4.39 Å². The van der Waals surface area contributed by atoms with Crippen LogP contribution < -0.4 is 5.32 Å². The molecule has 1 atom stereocenters. The molecule has 0 amide bonds. The van der Waals surface area contributed by atoms with Crippen LogP contribution in [0, 0.1) is 5.82 Å². The summed E-state index contributed by atoms with van der Waals surface area (Å²) < 4.78 is 92.3. The van der Waals surface area contributed by atoms with Gasteiger partial charge >= 0.3 is 12.4 Å². The van der Waals surface area contributed by atoms with E-state index in [0.29, 0.717) is 19.2 Å². The molecule has 0 radical (unpaired) electrons. The maximum atomic E-state index is 14.5. The molecule has 0 unspecified atom stereocenters. The molecule has 1 aromatic carbocycles. The number of nitrogens with zero attached hydrogens (tertiary/aromatic N) is 1. The Bertz CT molecular complexity index is 595. The van der Waals surface area contributed by atoms with Crippen LogP contribution in [0.5, 0.6) is 0 Å². The Hall–Kier alpha value is -1.06. The minimum atomic E-state index is -4.90. The van der Waals surface area contributed by atoms with Crippen LogP contribution in [-0.4, -0.2) is 37.3 Å². The second-order valence-corrected chi connectivity index (χ2v) is 6.18. The van der Waals surface area contributed by atoms with Gasteiger partial charge in [0, 0.05) is 44.2 Å². The lowest BCUT2D eigenvalue weighted by Crippen LogP contribution is -2.46. The van der Waals surface area contributed by atoms with E-state index in [4.69, 9.17) is 11.6 Å². The molecule has 1 fully saturated rings. The fraction of sp³-hybridized carbons (Fsp3) is 0.600. The summed E-state index contributed by atoms with van der Waals surface area (Å²) in [6.07, 6.45) is -11.4. The van der Waals surface area contributed by atoms with Crippen LogP contribution in [0.25, 0.3) is 0 Å². The Morgan fingerprint density at radius 2 is 1.68 bits per heavy atom. The fourth-order valence-electron chi connectivity index (χ4n) is 2.94. The van der Waals surface area contributed by atoms with E-state index in [0.717, 1.165) is 6.07 Å². The Morgan fingerprint density at radius 3 is 2.20 bits per heavy atom. The first-order valence-corrected chi connectivity index (χ1v) is 7.95. The van der Waals surface area contributed by atoms with Crippen LogP contribution >= 0.6 is 11.6 Å². The lowest BCUT2D eigenvalue weighted by molar-refractivity contribution is -0.141. The summed E-state index contributed by atoms with van der Waals surface area (Å²) in [7, 11) is 0. The summed E-state index contributed by atoms with van der Waals surface area (Å²) in [6.45, 7) is 1.22. The molecule has 1 aromatic rings. The van der Waals surface area contributed by atoms with Gasteiger partial charge in [-0.15, -0.1) is 0 Å². The summed E-state index contributed by atoms with van der Waals surface area (Å²) in [4.78, 5) is 1.44. The van der Waals surface area contributed by atoms with E-state index in [1.807, 2.05) is 0 Å². The summed E-state index contributed by atoms with van der Waals surface area (Å²) >= 11 is 5.61. The number of nitrogens with one attached hydrogen (secondary N) is 1. The number of hydrogen-bond acceptors (Lipinski definition) is 2. The molecular formula is C15H16ClF7N2. The van der Waals surface area contributed by atoms with Crippen molar-refractivity contribution in [3.63, 3.8) is 0 Å². The fourth-order valence-corrected chi connectivity index (χ4v) is 3.11. The van der Waals surface area contributed by atoms with Crippen LogP contribution in [0.15, 0.2) is 12.1 Å². The molecule has 25 heavy (non-hydrogen) atoms. The number of hydrogen-bond donors (Lipinski definition) is 1. The number of alkyl halides is 6. The van der Waals surface area contributed by atoms with Crippen molar-refractivity contribution < 1.29 is 30.7 Å². The average Bonchev–Trinajstić information content (AvgIpc) is 2.50. The van der Waals surface area contributed by atoms with Crippen LogP contribution in [0.3, 0.4) is 0 Å². The molecule has 2 nitrogen and oxygen atoms in total. The first-order chi connectivity index (χ1) is 11.5. The third-order valence-corrected chi connectivity index (χ3v) is 4.36. The smallest absolute Gasteiger partial charge is 0.314 e. The Morgan fingerprint density at radius 1 is 1.08 bits per heavy atom. The monoisotopic (exact) mass is 392 g/mol. The van der Waals surface area contributed by atoms with Crippen molar-refractivity contribution in [3.05, 3.63) is 34.1 Å². The van der Waals surface area contributed by atoms with Gasteiger partial charge < -0.3 is 5.32 Å². The first kappa shape index (κ1) is 20.3. The average molecular weight is 393 g/mol. The van der Waals surface area contributed by atoms with E-state index in [1.165, 1.54) is 4.90 Å². The van der Waals surface area contributed by atoms with E-state index in [1.54, 1.807) is 0 Å². The minimum absolute atomic E-state index is 0.214. The molecule has 2 rings (SSSR count). The Kier molecular flexibility index (Phi) is 6.22. The van der Waals surface area contributed by atoms with Gasteiger partial charge in [0.05, 0.1) is 10.6 Å². The van der Waals surface area contributed by atoms with Crippen molar-refractivity contribution in [2.75, 3.05) is 26.2 Å². The van der Waals surface area contributed by atoms with Crippen molar-refractivity contribution in [3.8, 4) is 0 Å². The molecule has 142 valence electrons. The van der Waals surface area contributed by atoms with Crippen molar-refractivity contribution in [1.29, 1.82) is 0 Å². The predicted octanol–water partition coefficient (Wildman–Crippen LogP) is 4.79. The largest absolute Gasteiger partial charge is 0.416 e. The summed E-state index contributed by atoms with van der Waals surface area (Å²) in [6, 6.07) is 0.0183. The van der Waals surface area contributed by atoms with Crippen molar-refractivity contribution in [2.45, 2.75) is 31.2 Å². The third kappa shape index (κ3) is 5.21. The molecule has 10 heteroatoms. The molecule has 1 heterocycles. The zero-order chi connectivity index (χ0) is 18.8. The van der Waals surface area contributed by atoms with Gasteiger partial charge in [0.1, 0.15) is 5.82 Å². The van der Waals surface area contributed by atoms with E-state index in [2.05, 4.69) is 5.32 Å². The molecule has 0 spiro atoms. The molecule has 1 aliphatic rings. The lowest BCUT2D eigenvalue weighted by Gasteiger charge is -2.36. The molecule has 0 saturated carbocycles. The topological polar surface area (TPSA) is 15.3 Å². The van der Waals surface area contributed by atoms with E-state index in [-0.39, 0.29) is 13.1 Å². The highest BCUT2D eigenvalue weighted by molar-refractivity contribution is 6.30. The maximum absolute atomic E-state index is 14.5. The van der Waals surface area contributed by atoms with Crippen molar-refractivity contribution in [2.24, 2.45) is 0 Å². The zero-order valence-electron chi connectivity index (χ0n) is 12.9. The van der Waals surface area contributed by atoms with Gasteiger partial charge in [0.15, 0.2) is 0 Å². The Labute approximate surface area is 144 Å². The molecule has 0 aliphatic carbocycles. The minimum Gasteiger partial charge on any atom is -0.314 e. The molecule has 1 aliphatic heterocycles. The quantitative estimate of drug-likeness (QED) is 0.741. The van der Waals surface area contributed by atoms with Gasteiger partial charge in [-0.1, -0.05) is 11.6 Å². The van der Waals surface area contributed by atoms with Gasteiger partial charge in [0.2, 0.25) is 0 Å². The predicted molar refractivity (Wildman–Crippen MR) is 78.9 cm³/mol. The molecule has 0 bridgehead atoms. The van der Waals surface area contributed by atoms with E-state index in [9.17, 15) is 30.7 Å². The van der Waals surface area contributed by atoms with Crippen LogP contribution in [0.4, 0.5) is 30.7 Å². The second kappa shape index (κ2) is 7.67. The van der Waals surface area contributed by atoms with Crippen molar-refractivity contribution >= 4 is 11.6 Å². The van der Waals surface area contributed by atoms with Gasteiger partial charge in [0.25, 0.3) is 0 Å². The van der Waals surface area contributed by atoms with Gasteiger partial charge in [-0.05, 0) is 18.6 Å². The van der Waals surface area contributed by atoms with Crippen molar-refractivity contribution in [1.82, 2.24) is 10.2 Å². The van der Waals surface area contributed by atoms with Crippen LogP contribution in [-0.2, 0) is 6.18 Å². The first-order valence-electron chi connectivity index (χ1n) is 7.57. The van der Waals surface area contributed by atoms with E-state index < -0.39 is 53.2 Å². The SMILES string of the molecule is Fc1c(Cl)ccc(C(F)(F)F)c1[C@H](CCC(F)(F)F)N1CCNCC1. The van der Waals surface area contributed by atoms with Crippen LogP contribution in [0.1, 0.15) is 30.0 Å². The summed E-state index contributed by atoms with van der Waals surface area (Å²) in [5.74, 6) is -1.32. The summed E-state index contributed by atoms with van der Waals surface area (Å²) in [5, 5.41) is 2.41. The molecule has 0 aromatic heterocycles. The maximum Gasteiger partial charge on any atom is 0.416 e. The number of benzene rings is 1. The third-order valence-electron chi connectivity index (χ3n) is 4.06. The molecular weight excluding hydrogens is 377 g/mol.